The summed E-state index contributed by atoms with van der Waals surface area (Å²) >= 11 is 0. The highest BCUT2D eigenvalue weighted by atomic mass is 15.1. The zero-order valence-corrected chi connectivity index (χ0v) is 10.4. The summed E-state index contributed by atoms with van der Waals surface area (Å²) in [7, 11) is 0. The molecule has 0 bridgehead atoms. The number of hydrogen-bond donors (Lipinski definition) is 1. The molecule has 2 heteroatoms. The van der Waals surface area contributed by atoms with Crippen molar-refractivity contribution in [2.45, 2.75) is 53.0 Å². The first-order chi connectivity index (χ1) is 6.63. The lowest BCUT2D eigenvalue weighted by Crippen LogP contribution is -2.33. The Hall–Kier alpha value is -0.0800. The molecular weight excluding hydrogens is 172 g/mol. The molecule has 0 spiro atoms. The Morgan fingerprint density at radius 3 is 2.07 bits per heavy atom. The van der Waals surface area contributed by atoms with Crippen LogP contribution in [0.2, 0.25) is 0 Å². The van der Waals surface area contributed by atoms with Crippen molar-refractivity contribution in [3.63, 3.8) is 0 Å². The van der Waals surface area contributed by atoms with E-state index in [9.17, 15) is 0 Å². The molecule has 86 valence electrons. The molecule has 0 aromatic rings. The summed E-state index contributed by atoms with van der Waals surface area (Å²) < 4.78 is 0. The SMILES string of the molecule is CCC(CC)CN(CC)CCC(C)N. The van der Waals surface area contributed by atoms with E-state index in [2.05, 4.69) is 32.6 Å². The van der Waals surface area contributed by atoms with Gasteiger partial charge in [0.2, 0.25) is 0 Å². The van der Waals surface area contributed by atoms with Crippen molar-refractivity contribution in [1.29, 1.82) is 0 Å². The van der Waals surface area contributed by atoms with Crippen LogP contribution >= 0.6 is 0 Å². The molecule has 1 atom stereocenters. The third kappa shape index (κ3) is 6.39. The second kappa shape index (κ2) is 8.25. The van der Waals surface area contributed by atoms with Gasteiger partial charge in [-0.3, -0.25) is 0 Å². The fourth-order valence-electron chi connectivity index (χ4n) is 1.68. The van der Waals surface area contributed by atoms with E-state index in [4.69, 9.17) is 5.73 Å². The Bertz CT molecular complexity index is 119. The van der Waals surface area contributed by atoms with Gasteiger partial charge in [-0.2, -0.15) is 0 Å². The fourth-order valence-corrected chi connectivity index (χ4v) is 1.68. The Balaban J connectivity index is 3.76. The molecule has 0 aromatic carbocycles. The van der Waals surface area contributed by atoms with E-state index in [1.54, 1.807) is 0 Å². The van der Waals surface area contributed by atoms with E-state index in [0.717, 1.165) is 25.4 Å². The van der Waals surface area contributed by atoms with Gasteiger partial charge >= 0.3 is 0 Å². The zero-order chi connectivity index (χ0) is 11.0. The molecule has 0 rings (SSSR count). The molecule has 14 heavy (non-hydrogen) atoms. The second-order valence-corrected chi connectivity index (χ2v) is 4.34. The second-order valence-electron chi connectivity index (χ2n) is 4.34. The maximum atomic E-state index is 5.76. The molecule has 1 unspecified atom stereocenters. The first-order valence-electron chi connectivity index (χ1n) is 6.11. The molecule has 0 saturated heterocycles. The van der Waals surface area contributed by atoms with Gasteiger partial charge in [-0.05, 0) is 32.4 Å². The van der Waals surface area contributed by atoms with E-state index < -0.39 is 0 Å². The molecule has 0 fully saturated rings. The van der Waals surface area contributed by atoms with Crippen molar-refractivity contribution in [2.75, 3.05) is 19.6 Å². The van der Waals surface area contributed by atoms with Crippen LogP contribution in [0.25, 0.3) is 0 Å². The third-order valence-corrected chi connectivity index (χ3v) is 3.02. The molecule has 0 aliphatic rings. The normalized spacial score (nSPS) is 13.9. The predicted molar refractivity (Wildman–Crippen MR) is 64.5 cm³/mol. The largest absolute Gasteiger partial charge is 0.328 e. The van der Waals surface area contributed by atoms with Crippen LogP contribution in [0.5, 0.6) is 0 Å². The lowest BCUT2D eigenvalue weighted by molar-refractivity contribution is 0.227. The molecule has 2 N–H and O–H groups in total. The Kier molecular flexibility index (Phi) is 8.20. The van der Waals surface area contributed by atoms with Crippen molar-refractivity contribution in [3.8, 4) is 0 Å². The molecule has 0 aliphatic heterocycles. The topological polar surface area (TPSA) is 29.3 Å². The summed E-state index contributed by atoms with van der Waals surface area (Å²) in [4.78, 5) is 2.53. The smallest absolute Gasteiger partial charge is 0.00226 e. The lowest BCUT2D eigenvalue weighted by Gasteiger charge is -2.25. The minimum Gasteiger partial charge on any atom is -0.328 e. The standard InChI is InChI=1S/C12H28N2/c1-5-12(6-2)10-14(7-3)9-8-11(4)13/h11-12H,5-10,13H2,1-4H3. The van der Waals surface area contributed by atoms with Gasteiger partial charge in [0, 0.05) is 12.6 Å². The molecule has 0 radical (unpaired) electrons. The monoisotopic (exact) mass is 200 g/mol. The van der Waals surface area contributed by atoms with Gasteiger partial charge < -0.3 is 10.6 Å². The Labute approximate surface area is 89.9 Å². The van der Waals surface area contributed by atoms with E-state index in [1.165, 1.54) is 19.4 Å². The van der Waals surface area contributed by atoms with Gasteiger partial charge in [-0.25, -0.2) is 0 Å². The first-order valence-corrected chi connectivity index (χ1v) is 6.11. The molecular formula is C12H28N2. The van der Waals surface area contributed by atoms with Crippen LogP contribution < -0.4 is 5.73 Å². The highest BCUT2D eigenvalue weighted by molar-refractivity contribution is 4.65. The molecule has 0 aromatic heterocycles. The number of nitrogens with zero attached hydrogens (tertiary/aromatic N) is 1. The minimum atomic E-state index is 0.339. The van der Waals surface area contributed by atoms with Crippen LogP contribution in [0.1, 0.15) is 47.0 Å². The third-order valence-electron chi connectivity index (χ3n) is 3.02. The van der Waals surface area contributed by atoms with Crippen molar-refractivity contribution in [3.05, 3.63) is 0 Å². The van der Waals surface area contributed by atoms with Crippen LogP contribution in [0.3, 0.4) is 0 Å². The Morgan fingerprint density at radius 2 is 1.71 bits per heavy atom. The van der Waals surface area contributed by atoms with Crippen LogP contribution in [0.4, 0.5) is 0 Å². The van der Waals surface area contributed by atoms with Crippen LogP contribution in [-0.2, 0) is 0 Å². The van der Waals surface area contributed by atoms with Crippen molar-refractivity contribution in [1.82, 2.24) is 4.90 Å². The number of nitrogens with two attached hydrogens (primary N) is 1. The lowest BCUT2D eigenvalue weighted by atomic mass is 10.0. The van der Waals surface area contributed by atoms with Crippen molar-refractivity contribution >= 4 is 0 Å². The molecule has 0 saturated carbocycles. The summed E-state index contributed by atoms with van der Waals surface area (Å²) in [5, 5.41) is 0. The fraction of sp³-hybridized carbons (Fsp3) is 1.00. The van der Waals surface area contributed by atoms with E-state index in [-0.39, 0.29) is 0 Å². The van der Waals surface area contributed by atoms with Gasteiger partial charge in [0.1, 0.15) is 0 Å². The summed E-state index contributed by atoms with van der Waals surface area (Å²) in [5.74, 6) is 0.864. The van der Waals surface area contributed by atoms with E-state index >= 15 is 0 Å². The van der Waals surface area contributed by atoms with Gasteiger partial charge in [0.05, 0.1) is 0 Å². The summed E-state index contributed by atoms with van der Waals surface area (Å²) in [6, 6.07) is 0.339. The molecule has 2 nitrogen and oxygen atoms in total. The zero-order valence-electron chi connectivity index (χ0n) is 10.4. The summed E-state index contributed by atoms with van der Waals surface area (Å²) in [6.45, 7) is 12.5. The minimum absolute atomic E-state index is 0.339. The van der Waals surface area contributed by atoms with Crippen LogP contribution in [-0.4, -0.2) is 30.6 Å². The Morgan fingerprint density at radius 1 is 1.14 bits per heavy atom. The highest BCUT2D eigenvalue weighted by Crippen LogP contribution is 2.10. The van der Waals surface area contributed by atoms with E-state index in [1.807, 2.05) is 0 Å². The number of hydrogen-bond acceptors (Lipinski definition) is 2. The maximum Gasteiger partial charge on any atom is 0.00226 e. The van der Waals surface area contributed by atoms with Gasteiger partial charge in [0.15, 0.2) is 0 Å². The maximum absolute atomic E-state index is 5.76. The predicted octanol–water partition coefficient (Wildman–Crippen LogP) is 2.48. The van der Waals surface area contributed by atoms with Crippen LogP contribution in [0.15, 0.2) is 0 Å². The van der Waals surface area contributed by atoms with Gasteiger partial charge in [0.25, 0.3) is 0 Å². The van der Waals surface area contributed by atoms with Gasteiger partial charge in [-0.1, -0.05) is 33.6 Å². The van der Waals surface area contributed by atoms with Crippen molar-refractivity contribution < 1.29 is 0 Å². The number of rotatable bonds is 8. The van der Waals surface area contributed by atoms with E-state index in [0.29, 0.717) is 6.04 Å². The van der Waals surface area contributed by atoms with Crippen LogP contribution in [0, 0.1) is 5.92 Å². The average molecular weight is 200 g/mol. The highest BCUT2D eigenvalue weighted by Gasteiger charge is 2.09. The first kappa shape index (κ1) is 13.9. The molecule has 0 aliphatic carbocycles. The van der Waals surface area contributed by atoms with Crippen molar-refractivity contribution in [2.24, 2.45) is 11.7 Å². The summed E-state index contributed by atoms with van der Waals surface area (Å²) in [5.41, 5.74) is 5.76. The van der Waals surface area contributed by atoms with Gasteiger partial charge in [-0.15, -0.1) is 0 Å². The summed E-state index contributed by atoms with van der Waals surface area (Å²) in [6.07, 6.45) is 3.71. The molecule has 0 heterocycles. The quantitative estimate of drug-likeness (QED) is 0.652. The average Bonchev–Trinajstić information content (AvgIpc) is 2.18. The molecule has 0 amide bonds.